The van der Waals surface area contributed by atoms with Gasteiger partial charge in [-0.05, 0) is 32.3 Å². The van der Waals surface area contributed by atoms with Crippen LogP contribution < -0.4 is 5.32 Å². The SMILES string of the molecule is CN(C)[C@@H](CNC(=O)c1ccc([N+](=O)[O-])cc1Cl)c1ccco1. The zero-order valence-electron chi connectivity index (χ0n) is 12.7. The highest BCUT2D eigenvalue weighted by molar-refractivity contribution is 6.34. The van der Waals surface area contributed by atoms with Crippen LogP contribution in [0.3, 0.4) is 0 Å². The molecule has 7 nitrogen and oxygen atoms in total. The first-order valence-corrected chi connectivity index (χ1v) is 7.20. The summed E-state index contributed by atoms with van der Waals surface area (Å²) in [7, 11) is 3.75. The van der Waals surface area contributed by atoms with Gasteiger partial charge in [0.25, 0.3) is 11.6 Å². The van der Waals surface area contributed by atoms with Crippen molar-refractivity contribution in [1.82, 2.24) is 10.2 Å². The highest BCUT2D eigenvalue weighted by Crippen LogP contribution is 2.23. The van der Waals surface area contributed by atoms with Gasteiger partial charge in [-0.25, -0.2) is 0 Å². The maximum Gasteiger partial charge on any atom is 0.270 e. The first-order valence-electron chi connectivity index (χ1n) is 6.82. The van der Waals surface area contributed by atoms with E-state index in [1.807, 2.05) is 25.1 Å². The average Bonchev–Trinajstić information content (AvgIpc) is 3.00. The number of carbonyl (C=O) groups excluding carboxylic acids is 1. The van der Waals surface area contributed by atoms with Crippen molar-refractivity contribution in [2.24, 2.45) is 0 Å². The van der Waals surface area contributed by atoms with E-state index in [-0.39, 0.29) is 22.3 Å². The summed E-state index contributed by atoms with van der Waals surface area (Å²) < 4.78 is 5.37. The van der Waals surface area contributed by atoms with Crippen molar-refractivity contribution in [2.45, 2.75) is 6.04 Å². The molecular weight excluding hydrogens is 322 g/mol. The molecule has 1 atom stereocenters. The fourth-order valence-electron chi connectivity index (χ4n) is 2.10. The van der Waals surface area contributed by atoms with Gasteiger partial charge in [-0.2, -0.15) is 0 Å². The van der Waals surface area contributed by atoms with E-state index < -0.39 is 10.8 Å². The van der Waals surface area contributed by atoms with Crippen molar-refractivity contribution in [1.29, 1.82) is 0 Å². The zero-order valence-corrected chi connectivity index (χ0v) is 13.4. The summed E-state index contributed by atoms with van der Waals surface area (Å²) in [5, 5.41) is 13.5. The highest BCUT2D eigenvalue weighted by atomic mass is 35.5. The lowest BCUT2D eigenvalue weighted by Gasteiger charge is -2.22. The van der Waals surface area contributed by atoms with Crippen molar-refractivity contribution < 1.29 is 14.1 Å². The quantitative estimate of drug-likeness (QED) is 0.646. The van der Waals surface area contributed by atoms with E-state index in [0.717, 1.165) is 11.8 Å². The number of carbonyl (C=O) groups is 1. The number of rotatable bonds is 6. The maximum atomic E-state index is 12.2. The molecule has 0 unspecified atom stereocenters. The smallest absolute Gasteiger partial charge is 0.270 e. The second-order valence-electron chi connectivity index (χ2n) is 5.13. The Balaban J connectivity index is 2.08. The molecule has 2 aromatic rings. The number of nitrogens with zero attached hydrogens (tertiary/aromatic N) is 2. The predicted octanol–water partition coefficient (Wildman–Crippen LogP) is 2.87. The largest absolute Gasteiger partial charge is 0.468 e. The van der Waals surface area contributed by atoms with Gasteiger partial charge in [0.05, 0.1) is 27.8 Å². The minimum Gasteiger partial charge on any atom is -0.468 e. The molecule has 0 aliphatic heterocycles. The lowest BCUT2D eigenvalue weighted by molar-refractivity contribution is -0.384. The van der Waals surface area contributed by atoms with Crippen LogP contribution in [0.5, 0.6) is 0 Å². The van der Waals surface area contributed by atoms with Crippen molar-refractivity contribution in [3.63, 3.8) is 0 Å². The number of hydrogen-bond acceptors (Lipinski definition) is 5. The van der Waals surface area contributed by atoms with Gasteiger partial charge < -0.3 is 9.73 Å². The molecule has 23 heavy (non-hydrogen) atoms. The zero-order chi connectivity index (χ0) is 17.0. The Kier molecular flexibility index (Phi) is 5.36. The topological polar surface area (TPSA) is 88.6 Å². The Morgan fingerprint density at radius 2 is 2.17 bits per heavy atom. The number of nitro groups is 1. The molecule has 0 fully saturated rings. The molecule has 1 aromatic carbocycles. The molecule has 1 N–H and O–H groups in total. The number of nitrogens with one attached hydrogen (secondary N) is 1. The summed E-state index contributed by atoms with van der Waals surface area (Å²) in [5.74, 6) is 0.327. The Labute approximate surface area is 138 Å². The predicted molar refractivity (Wildman–Crippen MR) is 85.6 cm³/mol. The van der Waals surface area contributed by atoms with Gasteiger partial charge in [0.2, 0.25) is 0 Å². The molecule has 1 amide bonds. The summed E-state index contributed by atoms with van der Waals surface area (Å²) in [4.78, 5) is 24.3. The number of nitro benzene ring substituents is 1. The summed E-state index contributed by atoms with van der Waals surface area (Å²) in [5.41, 5.74) is 0.0301. The maximum absolute atomic E-state index is 12.2. The fourth-order valence-corrected chi connectivity index (χ4v) is 2.37. The van der Waals surface area contributed by atoms with Crippen LogP contribution in [0.1, 0.15) is 22.2 Å². The first-order chi connectivity index (χ1) is 10.9. The van der Waals surface area contributed by atoms with Gasteiger partial charge in [0.15, 0.2) is 0 Å². The molecule has 0 bridgehead atoms. The monoisotopic (exact) mass is 337 g/mol. The van der Waals surface area contributed by atoms with E-state index >= 15 is 0 Å². The number of hydrogen-bond donors (Lipinski definition) is 1. The highest BCUT2D eigenvalue weighted by Gasteiger charge is 2.20. The van der Waals surface area contributed by atoms with Crippen LogP contribution in [0.15, 0.2) is 41.0 Å². The van der Waals surface area contributed by atoms with E-state index in [1.165, 1.54) is 12.1 Å². The fraction of sp³-hybridized carbons (Fsp3) is 0.267. The Hall–Kier alpha value is -2.38. The summed E-state index contributed by atoms with van der Waals surface area (Å²) in [6, 6.07) is 7.22. The molecule has 0 saturated carbocycles. The molecule has 0 aliphatic carbocycles. The molecule has 8 heteroatoms. The van der Waals surface area contributed by atoms with Gasteiger partial charge in [0, 0.05) is 18.7 Å². The second-order valence-corrected chi connectivity index (χ2v) is 5.53. The van der Waals surface area contributed by atoms with Crippen LogP contribution >= 0.6 is 11.6 Å². The standard InChI is InChI=1S/C15H16ClN3O4/c1-18(2)13(14-4-3-7-23-14)9-17-15(20)11-6-5-10(19(21)22)8-12(11)16/h3-8,13H,9H2,1-2H3,(H,17,20)/t13-/m0/s1. The van der Waals surface area contributed by atoms with Gasteiger partial charge in [-0.15, -0.1) is 0 Å². The van der Waals surface area contributed by atoms with Crippen LogP contribution in [0, 0.1) is 10.1 Å². The van der Waals surface area contributed by atoms with Crippen LogP contribution in [0.2, 0.25) is 5.02 Å². The molecule has 0 radical (unpaired) electrons. The Morgan fingerprint density at radius 1 is 1.43 bits per heavy atom. The molecule has 0 saturated heterocycles. The van der Waals surface area contributed by atoms with Crippen LogP contribution in [0.25, 0.3) is 0 Å². The average molecular weight is 338 g/mol. The van der Waals surface area contributed by atoms with E-state index in [1.54, 1.807) is 12.3 Å². The van der Waals surface area contributed by atoms with E-state index in [4.69, 9.17) is 16.0 Å². The van der Waals surface area contributed by atoms with Crippen LogP contribution in [-0.2, 0) is 0 Å². The second kappa shape index (κ2) is 7.26. The van der Waals surface area contributed by atoms with Gasteiger partial charge in [0.1, 0.15) is 5.76 Å². The van der Waals surface area contributed by atoms with E-state index in [2.05, 4.69) is 5.32 Å². The summed E-state index contributed by atoms with van der Waals surface area (Å²) >= 11 is 5.95. The molecular formula is C15H16ClN3O4. The molecule has 0 aliphatic rings. The van der Waals surface area contributed by atoms with Gasteiger partial charge >= 0.3 is 0 Å². The van der Waals surface area contributed by atoms with Crippen LogP contribution in [-0.4, -0.2) is 36.4 Å². The van der Waals surface area contributed by atoms with Crippen molar-refractivity contribution in [3.8, 4) is 0 Å². The lowest BCUT2D eigenvalue weighted by atomic mass is 10.1. The van der Waals surface area contributed by atoms with Gasteiger partial charge in [-0.1, -0.05) is 11.6 Å². The molecule has 122 valence electrons. The van der Waals surface area contributed by atoms with Gasteiger partial charge in [-0.3, -0.25) is 19.8 Å². The van der Waals surface area contributed by atoms with Crippen LogP contribution in [0.4, 0.5) is 5.69 Å². The van der Waals surface area contributed by atoms with E-state index in [0.29, 0.717) is 6.54 Å². The molecule has 0 spiro atoms. The summed E-state index contributed by atoms with van der Waals surface area (Å²) in [6.07, 6.45) is 1.57. The Bertz CT molecular complexity index is 701. The number of benzene rings is 1. The number of amides is 1. The number of furan rings is 1. The van der Waals surface area contributed by atoms with Crippen molar-refractivity contribution in [2.75, 3.05) is 20.6 Å². The Morgan fingerprint density at radius 3 is 2.70 bits per heavy atom. The molecule has 1 aromatic heterocycles. The number of likely N-dealkylation sites (N-methyl/N-ethyl adjacent to an activating group) is 1. The number of halogens is 1. The summed E-state index contributed by atoms with van der Waals surface area (Å²) in [6.45, 7) is 0.312. The third kappa shape index (κ3) is 4.08. The minimum atomic E-state index is -0.563. The minimum absolute atomic E-state index is 0.0381. The van der Waals surface area contributed by atoms with Crippen molar-refractivity contribution in [3.05, 3.63) is 63.1 Å². The third-order valence-electron chi connectivity index (χ3n) is 3.36. The molecule has 1 heterocycles. The first kappa shape index (κ1) is 17.0. The van der Waals surface area contributed by atoms with Crippen molar-refractivity contribution >= 4 is 23.2 Å². The normalized spacial score (nSPS) is 12.2. The van der Waals surface area contributed by atoms with E-state index in [9.17, 15) is 14.9 Å². The number of non-ortho nitro benzene ring substituents is 1. The lowest BCUT2D eigenvalue weighted by Crippen LogP contribution is -2.34. The third-order valence-corrected chi connectivity index (χ3v) is 3.67. The molecule has 2 rings (SSSR count).